The van der Waals surface area contributed by atoms with Gasteiger partial charge >= 0.3 is 31.6 Å². The van der Waals surface area contributed by atoms with E-state index in [0.717, 1.165) is 6.42 Å². The summed E-state index contributed by atoms with van der Waals surface area (Å²) in [4.78, 5) is 100. The van der Waals surface area contributed by atoms with E-state index in [2.05, 4.69) is 35.7 Å². The van der Waals surface area contributed by atoms with Crippen LogP contribution in [0.1, 0.15) is 168 Å². The molecule has 534 valence electrons. The van der Waals surface area contributed by atoms with Gasteiger partial charge in [-0.15, -0.1) is 0 Å². The second-order valence-corrected chi connectivity index (χ2v) is 33.7. The predicted molar refractivity (Wildman–Crippen MR) is 350 cm³/mol. The molecule has 3 aromatic rings. The molecule has 5 N–H and O–H groups in total. The zero-order valence-corrected chi connectivity index (χ0v) is 60.9. The van der Waals surface area contributed by atoms with Crippen molar-refractivity contribution in [3.8, 4) is 0 Å². The Morgan fingerprint density at radius 1 is 0.484 bits per heavy atom. The zero-order valence-electron chi connectivity index (χ0n) is 58.3. The van der Waals surface area contributed by atoms with E-state index < -0.39 is 127 Å². The van der Waals surface area contributed by atoms with Gasteiger partial charge < -0.3 is 61.7 Å². The molecule has 14 atom stereocenters. The van der Waals surface area contributed by atoms with Crippen molar-refractivity contribution in [3.63, 3.8) is 0 Å². The van der Waals surface area contributed by atoms with Gasteiger partial charge in [0.05, 0.1) is 74.8 Å². The molecular weight excluding hydrogens is 1280 g/mol. The lowest BCUT2D eigenvalue weighted by molar-refractivity contribution is -0.134. The van der Waals surface area contributed by atoms with Gasteiger partial charge in [-0.3, -0.25) is 56.6 Å². The lowest BCUT2D eigenvalue weighted by Gasteiger charge is -2.33. The van der Waals surface area contributed by atoms with Gasteiger partial charge in [0.15, 0.2) is 18.7 Å². The number of phosphoric ester groups is 1. The van der Waals surface area contributed by atoms with Gasteiger partial charge in [-0.25, -0.2) is 18.9 Å². The van der Waals surface area contributed by atoms with E-state index in [1.165, 1.54) is 51.5 Å². The predicted octanol–water partition coefficient (Wildman–Crippen LogP) is 6.92. The summed E-state index contributed by atoms with van der Waals surface area (Å²) >= 11 is 5.28. The third kappa shape index (κ3) is 27.3. The molecule has 6 rings (SSSR count). The molecule has 3 saturated heterocycles. The minimum absolute atomic E-state index is 0.0119. The maximum absolute atomic E-state index is 12.8. The molecule has 0 bridgehead atoms. The molecule has 3 aromatic heterocycles. The number of aromatic nitrogens is 6. The lowest BCUT2D eigenvalue weighted by Crippen LogP contribution is -2.44. The number of hydrogen-bond donors (Lipinski definition) is 5. The van der Waals surface area contributed by atoms with Gasteiger partial charge in [-0.05, 0) is 117 Å². The summed E-state index contributed by atoms with van der Waals surface area (Å²) in [7, 11) is 0.137. The zero-order chi connectivity index (χ0) is 70.6. The van der Waals surface area contributed by atoms with E-state index in [0.29, 0.717) is 38.2 Å². The molecule has 0 radical (unpaired) electrons. The highest BCUT2D eigenvalue weighted by molar-refractivity contribution is 8.07. The Labute approximate surface area is 549 Å². The number of H-pyrrole nitrogens is 3. The van der Waals surface area contributed by atoms with Gasteiger partial charge in [0.1, 0.15) is 36.6 Å². The van der Waals surface area contributed by atoms with E-state index >= 15 is 0 Å². The van der Waals surface area contributed by atoms with E-state index in [1.807, 2.05) is 62.3 Å². The molecule has 32 heteroatoms. The molecule has 3 aliphatic heterocycles. The summed E-state index contributed by atoms with van der Waals surface area (Å²) < 4.78 is 97.4. The Morgan fingerprint density at radius 2 is 0.828 bits per heavy atom. The van der Waals surface area contributed by atoms with Gasteiger partial charge in [-0.2, -0.15) is 0 Å². The molecule has 93 heavy (non-hydrogen) atoms. The second-order valence-electron chi connectivity index (χ2n) is 29.7. The molecule has 0 spiro atoms. The van der Waals surface area contributed by atoms with E-state index in [-0.39, 0.29) is 48.3 Å². The van der Waals surface area contributed by atoms with Crippen molar-refractivity contribution < 1.29 is 79.8 Å². The van der Waals surface area contributed by atoms with E-state index in [9.17, 15) is 43.1 Å². The van der Waals surface area contributed by atoms with Crippen LogP contribution in [0, 0.1) is 23.2 Å². The Hall–Kier alpha value is -3.72. The van der Waals surface area contributed by atoms with E-state index in [1.54, 1.807) is 62.7 Å². The molecule has 0 saturated carbocycles. The number of ether oxygens (including phenoxy) is 10. The number of aromatic amines is 3. The number of nitrogens with zero attached hydrogens (tertiary/aromatic N) is 3. The fraction of sp³-hybridized carbons (Fsp3) is 0.803. The summed E-state index contributed by atoms with van der Waals surface area (Å²) in [6, 6.07) is 2.41. The summed E-state index contributed by atoms with van der Waals surface area (Å²) in [5, 5.41) is 0. The fourth-order valence-corrected chi connectivity index (χ4v) is 13.9. The molecule has 0 aromatic carbocycles. The highest BCUT2D eigenvalue weighted by Crippen LogP contribution is 2.54. The van der Waals surface area contributed by atoms with Crippen LogP contribution in [0.5, 0.6) is 0 Å². The molecule has 0 amide bonds. The maximum Gasteiger partial charge on any atom is 0.473 e. The minimum Gasteiger partial charge on any atom is -0.382 e. The molecule has 29 nitrogen and oxygen atoms in total. The van der Waals surface area contributed by atoms with Gasteiger partial charge in [-0.1, -0.05) is 62.3 Å². The molecule has 5 unspecified atom stereocenters. The van der Waals surface area contributed by atoms with E-state index in [4.69, 9.17) is 77.3 Å². The van der Waals surface area contributed by atoms with Crippen LogP contribution in [0.3, 0.4) is 0 Å². The van der Waals surface area contributed by atoms with Crippen LogP contribution in [0.15, 0.2) is 59.5 Å². The monoisotopic (exact) mass is 1380 g/mol. The molecule has 6 heterocycles. The van der Waals surface area contributed by atoms with Gasteiger partial charge in [0.25, 0.3) is 16.7 Å². The number of rotatable bonds is 25. The first-order chi connectivity index (χ1) is 42.6. The quantitative estimate of drug-likeness (QED) is 0.0424. The molecular formula is C61H106N6O23P2S. The summed E-state index contributed by atoms with van der Waals surface area (Å²) in [5.41, 5.74) is -5.45. The van der Waals surface area contributed by atoms with Crippen molar-refractivity contribution >= 4 is 26.3 Å². The largest absolute Gasteiger partial charge is 0.473 e. The first kappa shape index (κ1) is 81.7. The van der Waals surface area contributed by atoms with Crippen LogP contribution < -0.4 is 33.7 Å². The minimum atomic E-state index is -4.52. The van der Waals surface area contributed by atoms with Crippen molar-refractivity contribution in [3.05, 3.63) is 98.8 Å². The summed E-state index contributed by atoms with van der Waals surface area (Å²) in [6.07, 6.45) is -2.87. The Kier molecular flexibility index (Phi) is 29.6. The highest BCUT2D eigenvalue weighted by atomic mass is 32.5. The first-order valence-corrected chi connectivity index (χ1v) is 35.0. The average Bonchev–Trinajstić information content (AvgIpc) is 1.66. The standard InChI is InChI=1S/C21H36N2O6.C20H35N2O9P.C20H35N2O8PS/c1-13-12-23(19(25)22-17(13)24)18-16(27-10-9-26-8)15(29-21(5,6)7)14(28-18)11-20(2,3)4;1-19(2,3)12-13-15(30-32(25,26)31-20(4,5)6)16(28-11-10-27-7)17(29-13)22-9-8-14(23)21-18(22)24;1-19(2,3)12-13-15(29-31(25,32)30-20(4,5)6)16(27-11-10-26-7)17(28-13)22-9-8-14(23)21-18(22)24/h12,14-16,18H,9-11H2,1-8H3,(H,22,24,25);8-9,13,15-17H,10-12H2,1-7H3,(H,25,26)(H,21,23,24);8-9,13,15-17H,10-12H2,1-7H3,(H,25,32)(H,21,23,24)/t14-,15+,16?,18-;13-,15+,16?,17-;13-,15+,16?,17-,31?/m111/s1. The lowest BCUT2D eigenvalue weighted by atomic mass is 9.87. The third-order valence-corrected chi connectivity index (χ3v) is 16.6. The number of aryl methyl sites for hydroxylation is 1. The van der Waals surface area contributed by atoms with Crippen LogP contribution in [-0.4, -0.2) is 171 Å². The summed E-state index contributed by atoms with van der Waals surface area (Å²) in [5.74, 6) is 0. The van der Waals surface area contributed by atoms with Crippen LogP contribution in [-0.2, 0) is 81.8 Å². The van der Waals surface area contributed by atoms with Crippen LogP contribution in [0.4, 0.5) is 0 Å². The molecule has 0 aliphatic carbocycles. The fourth-order valence-electron chi connectivity index (χ4n) is 10.3. The smallest absolute Gasteiger partial charge is 0.382 e. The maximum atomic E-state index is 12.8. The Morgan fingerprint density at radius 3 is 1.17 bits per heavy atom. The van der Waals surface area contributed by atoms with Crippen LogP contribution in [0.25, 0.3) is 0 Å². The van der Waals surface area contributed by atoms with Crippen LogP contribution in [0.2, 0.25) is 0 Å². The Balaban J connectivity index is 0.000000298. The van der Waals surface area contributed by atoms with Gasteiger partial charge in [0.2, 0.25) is 0 Å². The number of nitrogens with one attached hydrogen (secondary N) is 3. The van der Waals surface area contributed by atoms with Crippen molar-refractivity contribution in [2.75, 3.05) is 61.0 Å². The normalized spacial score (nSPS) is 26.0. The molecule has 3 fully saturated rings. The first-order valence-electron chi connectivity index (χ1n) is 30.9. The summed E-state index contributed by atoms with van der Waals surface area (Å²) in [6.45, 7) is 34.2. The average molecular weight is 1390 g/mol. The van der Waals surface area contributed by atoms with Crippen molar-refractivity contribution in [1.82, 2.24) is 28.7 Å². The van der Waals surface area contributed by atoms with Gasteiger partial charge in [0, 0.05) is 57.6 Å². The highest BCUT2D eigenvalue weighted by Gasteiger charge is 2.54. The van der Waals surface area contributed by atoms with Crippen LogP contribution >= 0.6 is 14.5 Å². The van der Waals surface area contributed by atoms with Crippen molar-refractivity contribution in [2.45, 2.75) is 241 Å². The SMILES string of the molecule is COCCOC1[C@@H](OC(C)(C)C)[C@@H](CC(C)(C)C)O[C@H]1n1cc(C)c(=O)[nH]c1=O.COCCOC1[C@@H](OP(=O)(O)OC(C)(C)C)[C@@H](CC(C)(C)C)O[C@H]1n1ccc(=O)[nH]c1=O.COCCOC1[C@@H](OP(O)(=S)OC(C)(C)C)[C@@H](CC(C)(C)C)O[C@H]1n1ccc(=O)[nH]c1=O. The number of hydrogen-bond acceptors (Lipinski definition) is 22. The van der Waals surface area contributed by atoms with Crippen molar-refractivity contribution in [2.24, 2.45) is 16.2 Å². The van der Waals surface area contributed by atoms with Crippen molar-refractivity contribution in [1.29, 1.82) is 0 Å². The molecule has 3 aliphatic rings. The number of phosphoric acid groups is 1. The second kappa shape index (κ2) is 33.7. The topological polar surface area (TPSA) is 351 Å². The third-order valence-electron chi connectivity index (χ3n) is 13.5. The Bertz CT molecular complexity index is 3160. The number of methoxy groups -OCH3 is 3.